The molecule has 0 aliphatic rings. The van der Waals surface area contributed by atoms with Crippen molar-refractivity contribution >= 4 is 27.5 Å². The first-order valence-electron chi connectivity index (χ1n) is 6.55. The number of anilines is 1. The van der Waals surface area contributed by atoms with Crippen LogP contribution in [-0.4, -0.2) is 32.8 Å². The van der Waals surface area contributed by atoms with E-state index >= 15 is 0 Å². The largest absolute Gasteiger partial charge is 0.351 e. The van der Waals surface area contributed by atoms with Crippen LogP contribution in [0.3, 0.4) is 0 Å². The SMILES string of the molecule is C=CCNC(=O)[C@H](C)NS(=O)(=O)c1ccc(NC(C)=O)cc1. The molecule has 8 heteroatoms. The van der Waals surface area contributed by atoms with E-state index in [9.17, 15) is 18.0 Å². The van der Waals surface area contributed by atoms with Gasteiger partial charge < -0.3 is 10.6 Å². The maximum atomic E-state index is 12.2. The van der Waals surface area contributed by atoms with Crippen LogP contribution >= 0.6 is 0 Å². The topological polar surface area (TPSA) is 104 Å². The van der Waals surface area contributed by atoms with Crippen molar-refractivity contribution in [3.63, 3.8) is 0 Å². The lowest BCUT2D eigenvalue weighted by atomic mass is 10.3. The number of carbonyl (C=O) groups is 2. The number of carbonyl (C=O) groups excluding carboxylic acids is 2. The summed E-state index contributed by atoms with van der Waals surface area (Å²) >= 11 is 0. The van der Waals surface area contributed by atoms with Crippen molar-refractivity contribution in [1.29, 1.82) is 0 Å². The van der Waals surface area contributed by atoms with E-state index in [0.717, 1.165) is 0 Å². The van der Waals surface area contributed by atoms with Gasteiger partial charge in [0.25, 0.3) is 0 Å². The van der Waals surface area contributed by atoms with Crippen LogP contribution in [0, 0.1) is 0 Å². The monoisotopic (exact) mass is 325 g/mol. The molecular weight excluding hydrogens is 306 g/mol. The second-order valence-electron chi connectivity index (χ2n) is 4.58. The molecule has 0 saturated heterocycles. The van der Waals surface area contributed by atoms with Crippen molar-refractivity contribution in [1.82, 2.24) is 10.0 Å². The lowest BCUT2D eigenvalue weighted by Crippen LogP contribution is -2.44. The minimum absolute atomic E-state index is 0.00460. The van der Waals surface area contributed by atoms with Crippen LogP contribution in [0.1, 0.15) is 13.8 Å². The Labute approximate surface area is 129 Å². The Balaban J connectivity index is 2.79. The van der Waals surface area contributed by atoms with Crippen molar-refractivity contribution in [2.45, 2.75) is 24.8 Å². The minimum atomic E-state index is -3.82. The van der Waals surface area contributed by atoms with Gasteiger partial charge in [0.2, 0.25) is 21.8 Å². The minimum Gasteiger partial charge on any atom is -0.351 e. The first kappa shape index (κ1) is 17.9. The fourth-order valence-electron chi connectivity index (χ4n) is 1.60. The Hall–Kier alpha value is -2.19. The van der Waals surface area contributed by atoms with Gasteiger partial charge in [0.05, 0.1) is 10.9 Å². The zero-order chi connectivity index (χ0) is 16.8. The normalized spacial score (nSPS) is 12.3. The van der Waals surface area contributed by atoms with Gasteiger partial charge in [0.15, 0.2) is 0 Å². The van der Waals surface area contributed by atoms with E-state index in [1.807, 2.05) is 0 Å². The van der Waals surface area contributed by atoms with Gasteiger partial charge in [-0.15, -0.1) is 6.58 Å². The first-order chi connectivity index (χ1) is 10.3. The fraction of sp³-hybridized carbons (Fsp3) is 0.286. The lowest BCUT2D eigenvalue weighted by Gasteiger charge is -2.14. The summed E-state index contributed by atoms with van der Waals surface area (Å²) in [7, 11) is -3.82. The number of hydrogen-bond acceptors (Lipinski definition) is 4. The first-order valence-corrected chi connectivity index (χ1v) is 8.03. The molecule has 0 unspecified atom stereocenters. The molecule has 22 heavy (non-hydrogen) atoms. The van der Waals surface area contributed by atoms with Crippen molar-refractivity contribution in [2.75, 3.05) is 11.9 Å². The van der Waals surface area contributed by atoms with Gasteiger partial charge >= 0.3 is 0 Å². The van der Waals surface area contributed by atoms with Gasteiger partial charge in [-0.05, 0) is 31.2 Å². The molecule has 0 spiro atoms. The van der Waals surface area contributed by atoms with Crippen LogP contribution in [0.25, 0.3) is 0 Å². The number of rotatable bonds is 7. The highest BCUT2D eigenvalue weighted by Gasteiger charge is 2.21. The average molecular weight is 325 g/mol. The molecule has 0 aromatic heterocycles. The van der Waals surface area contributed by atoms with Crippen LogP contribution in [-0.2, 0) is 19.6 Å². The molecule has 0 radical (unpaired) electrons. The summed E-state index contributed by atoms with van der Waals surface area (Å²) in [5.74, 6) is -0.695. The molecule has 2 amide bonds. The predicted octanol–water partition coefficient (Wildman–Crippen LogP) is 0.614. The molecule has 0 bridgehead atoms. The number of benzene rings is 1. The molecule has 3 N–H and O–H groups in total. The number of hydrogen-bond donors (Lipinski definition) is 3. The summed E-state index contributed by atoms with van der Waals surface area (Å²) in [6, 6.07) is 4.72. The third-order valence-corrected chi connectivity index (χ3v) is 4.19. The molecule has 1 rings (SSSR count). The van der Waals surface area contributed by atoms with Gasteiger partial charge in [-0.25, -0.2) is 8.42 Å². The molecule has 1 aromatic rings. The Morgan fingerprint density at radius 2 is 1.86 bits per heavy atom. The Kier molecular flexibility index (Phi) is 6.26. The summed E-state index contributed by atoms with van der Waals surface area (Å²) in [4.78, 5) is 22.6. The van der Waals surface area contributed by atoms with E-state index in [0.29, 0.717) is 5.69 Å². The molecular formula is C14H19N3O4S. The van der Waals surface area contributed by atoms with E-state index < -0.39 is 22.0 Å². The van der Waals surface area contributed by atoms with E-state index in [4.69, 9.17) is 0 Å². The highest BCUT2D eigenvalue weighted by Crippen LogP contribution is 2.14. The molecule has 1 aromatic carbocycles. The third-order valence-electron chi connectivity index (χ3n) is 2.63. The smallest absolute Gasteiger partial charge is 0.241 e. The van der Waals surface area contributed by atoms with Gasteiger partial charge in [-0.2, -0.15) is 4.72 Å². The maximum Gasteiger partial charge on any atom is 0.241 e. The van der Waals surface area contributed by atoms with Crippen LogP contribution in [0.2, 0.25) is 0 Å². The average Bonchev–Trinajstić information content (AvgIpc) is 2.44. The van der Waals surface area contributed by atoms with E-state index in [2.05, 4.69) is 21.9 Å². The van der Waals surface area contributed by atoms with E-state index in [1.54, 1.807) is 0 Å². The van der Waals surface area contributed by atoms with Crippen molar-refractivity contribution < 1.29 is 18.0 Å². The van der Waals surface area contributed by atoms with Crippen molar-refractivity contribution in [3.8, 4) is 0 Å². The predicted molar refractivity (Wildman–Crippen MR) is 83.7 cm³/mol. The summed E-state index contributed by atoms with van der Waals surface area (Å²) in [6.07, 6.45) is 1.50. The molecule has 0 fully saturated rings. The zero-order valence-corrected chi connectivity index (χ0v) is 13.2. The molecule has 1 atom stereocenters. The lowest BCUT2D eigenvalue weighted by molar-refractivity contribution is -0.122. The third kappa shape index (κ3) is 5.30. The molecule has 7 nitrogen and oxygen atoms in total. The molecule has 0 saturated carbocycles. The van der Waals surface area contributed by atoms with Crippen molar-refractivity contribution in [2.24, 2.45) is 0 Å². The molecule has 0 aliphatic heterocycles. The van der Waals surface area contributed by atoms with Crippen LogP contribution in [0.5, 0.6) is 0 Å². The quantitative estimate of drug-likeness (QED) is 0.639. The summed E-state index contributed by atoms with van der Waals surface area (Å²) in [6.45, 7) is 6.52. The second kappa shape index (κ2) is 7.71. The Morgan fingerprint density at radius 3 is 2.36 bits per heavy atom. The van der Waals surface area contributed by atoms with Gasteiger partial charge in [-0.1, -0.05) is 6.08 Å². The Morgan fingerprint density at radius 1 is 1.27 bits per heavy atom. The van der Waals surface area contributed by atoms with Crippen LogP contribution in [0.4, 0.5) is 5.69 Å². The second-order valence-corrected chi connectivity index (χ2v) is 6.30. The number of nitrogens with one attached hydrogen (secondary N) is 3. The van der Waals surface area contributed by atoms with Crippen LogP contribution in [0.15, 0.2) is 41.8 Å². The standard InChI is InChI=1S/C14H19N3O4S/c1-4-9-15-14(19)10(2)17-22(20,21)13-7-5-12(6-8-13)16-11(3)18/h4-8,10,17H,1,9H2,2-3H3,(H,15,19)(H,16,18)/t10-/m0/s1. The highest BCUT2D eigenvalue weighted by molar-refractivity contribution is 7.89. The summed E-state index contributed by atoms with van der Waals surface area (Å²) in [5.41, 5.74) is 0.489. The summed E-state index contributed by atoms with van der Waals surface area (Å²) in [5, 5.41) is 5.04. The maximum absolute atomic E-state index is 12.2. The molecule has 0 aliphatic carbocycles. The fourth-order valence-corrected chi connectivity index (χ4v) is 2.80. The van der Waals surface area contributed by atoms with E-state index in [-0.39, 0.29) is 17.3 Å². The van der Waals surface area contributed by atoms with Gasteiger partial charge in [0.1, 0.15) is 0 Å². The van der Waals surface area contributed by atoms with Crippen LogP contribution < -0.4 is 15.4 Å². The van der Waals surface area contributed by atoms with Crippen molar-refractivity contribution in [3.05, 3.63) is 36.9 Å². The van der Waals surface area contributed by atoms with Gasteiger partial charge in [-0.3, -0.25) is 9.59 Å². The Bertz CT molecular complexity index is 653. The molecule has 120 valence electrons. The number of amides is 2. The number of sulfonamides is 1. The zero-order valence-electron chi connectivity index (χ0n) is 12.4. The van der Waals surface area contributed by atoms with E-state index in [1.165, 1.54) is 44.2 Å². The molecule has 0 heterocycles. The highest BCUT2D eigenvalue weighted by atomic mass is 32.2. The van der Waals surface area contributed by atoms with Gasteiger partial charge in [0, 0.05) is 19.2 Å². The summed E-state index contributed by atoms with van der Waals surface area (Å²) < 4.78 is 26.6.